The lowest BCUT2D eigenvalue weighted by atomic mass is 9.88. The molecule has 1 saturated heterocycles. The Balaban J connectivity index is 2.31. The molecule has 3 nitrogen and oxygen atoms in total. The average molecular weight is 265 g/mol. The van der Waals surface area contributed by atoms with Crippen LogP contribution in [0.5, 0.6) is 0 Å². The van der Waals surface area contributed by atoms with Crippen molar-refractivity contribution in [3.63, 3.8) is 0 Å². The molecule has 0 saturated carbocycles. The van der Waals surface area contributed by atoms with Gasteiger partial charge in [0.05, 0.1) is 11.5 Å². The Morgan fingerprint density at radius 2 is 2.25 bits per heavy atom. The van der Waals surface area contributed by atoms with E-state index in [2.05, 4.69) is 6.92 Å². The quantitative estimate of drug-likeness (QED) is 0.709. The molecular formula is C11H23NO2S2. The van der Waals surface area contributed by atoms with Crippen LogP contribution < -0.4 is 5.73 Å². The monoisotopic (exact) mass is 265 g/mol. The van der Waals surface area contributed by atoms with Gasteiger partial charge in [-0.25, -0.2) is 8.42 Å². The van der Waals surface area contributed by atoms with Crippen LogP contribution in [0.3, 0.4) is 0 Å². The maximum atomic E-state index is 11.4. The number of rotatable bonds is 7. The van der Waals surface area contributed by atoms with Gasteiger partial charge < -0.3 is 5.73 Å². The summed E-state index contributed by atoms with van der Waals surface area (Å²) in [4.78, 5) is 0. The third-order valence-corrected chi connectivity index (χ3v) is 6.08. The minimum Gasteiger partial charge on any atom is -0.330 e. The van der Waals surface area contributed by atoms with Crippen molar-refractivity contribution >= 4 is 21.6 Å². The summed E-state index contributed by atoms with van der Waals surface area (Å²) in [5.41, 5.74) is 5.75. The van der Waals surface area contributed by atoms with Crippen LogP contribution in [0.25, 0.3) is 0 Å². The zero-order valence-corrected chi connectivity index (χ0v) is 11.7. The van der Waals surface area contributed by atoms with Crippen LogP contribution in [-0.2, 0) is 9.84 Å². The second kappa shape index (κ2) is 6.87. The molecule has 0 aromatic carbocycles. The van der Waals surface area contributed by atoms with Gasteiger partial charge in [0.15, 0.2) is 9.84 Å². The minimum absolute atomic E-state index is 0.321. The van der Waals surface area contributed by atoms with Gasteiger partial charge in [-0.3, -0.25) is 0 Å². The van der Waals surface area contributed by atoms with E-state index in [1.807, 2.05) is 11.8 Å². The fourth-order valence-corrected chi connectivity index (χ4v) is 4.91. The van der Waals surface area contributed by atoms with E-state index in [0.29, 0.717) is 29.9 Å². The van der Waals surface area contributed by atoms with Gasteiger partial charge in [0.25, 0.3) is 0 Å². The van der Waals surface area contributed by atoms with Gasteiger partial charge in [-0.15, -0.1) is 0 Å². The van der Waals surface area contributed by atoms with Crippen molar-refractivity contribution in [2.75, 3.05) is 29.6 Å². The molecule has 0 amide bonds. The minimum atomic E-state index is -2.75. The van der Waals surface area contributed by atoms with E-state index in [9.17, 15) is 8.42 Å². The molecule has 0 aliphatic carbocycles. The van der Waals surface area contributed by atoms with Crippen LogP contribution in [0.2, 0.25) is 0 Å². The predicted molar refractivity (Wildman–Crippen MR) is 71.5 cm³/mol. The zero-order valence-electron chi connectivity index (χ0n) is 10.0. The van der Waals surface area contributed by atoms with Crippen LogP contribution in [0.1, 0.15) is 26.2 Å². The van der Waals surface area contributed by atoms with Crippen molar-refractivity contribution in [3.05, 3.63) is 0 Å². The highest BCUT2D eigenvalue weighted by Gasteiger charge is 2.32. The normalized spacial score (nSPS) is 25.8. The summed E-state index contributed by atoms with van der Waals surface area (Å²) in [5.74, 6) is 3.81. The summed E-state index contributed by atoms with van der Waals surface area (Å²) in [6.07, 6.45) is 3.08. The Morgan fingerprint density at radius 1 is 1.50 bits per heavy atom. The highest BCUT2D eigenvalue weighted by atomic mass is 32.2. The molecule has 0 radical (unpaired) electrons. The number of sulfone groups is 1. The standard InChI is InChI=1S/C11H23NO2S2/c1-2-15-6-3-4-10(8-12)11-5-7-16(13,14)9-11/h10-11H,2-9,12H2,1H3. The fourth-order valence-electron chi connectivity index (χ4n) is 2.33. The van der Waals surface area contributed by atoms with Gasteiger partial charge in [0.2, 0.25) is 0 Å². The van der Waals surface area contributed by atoms with Crippen molar-refractivity contribution in [1.29, 1.82) is 0 Å². The Labute approximate surface area is 103 Å². The maximum absolute atomic E-state index is 11.4. The van der Waals surface area contributed by atoms with Gasteiger partial charge in [0.1, 0.15) is 0 Å². The smallest absolute Gasteiger partial charge is 0.150 e. The molecule has 2 atom stereocenters. The molecule has 0 aromatic heterocycles. The zero-order chi connectivity index (χ0) is 12.0. The van der Waals surface area contributed by atoms with Gasteiger partial charge >= 0.3 is 0 Å². The van der Waals surface area contributed by atoms with Crippen molar-refractivity contribution in [3.8, 4) is 0 Å². The third-order valence-electron chi connectivity index (χ3n) is 3.30. The molecule has 2 N–H and O–H groups in total. The van der Waals surface area contributed by atoms with Crippen molar-refractivity contribution < 1.29 is 8.42 Å². The predicted octanol–water partition coefficient (Wildman–Crippen LogP) is 1.53. The summed E-state index contributed by atoms with van der Waals surface area (Å²) in [7, 11) is -2.75. The molecule has 0 bridgehead atoms. The molecule has 1 fully saturated rings. The summed E-state index contributed by atoms with van der Waals surface area (Å²) in [6.45, 7) is 2.80. The van der Waals surface area contributed by atoms with Crippen LogP contribution >= 0.6 is 11.8 Å². The molecule has 0 spiro atoms. The molecule has 0 aromatic rings. The molecule has 96 valence electrons. The van der Waals surface area contributed by atoms with E-state index in [1.165, 1.54) is 5.75 Å². The first kappa shape index (κ1) is 14.3. The van der Waals surface area contributed by atoms with Gasteiger partial charge in [-0.05, 0) is 49.1 Å². The molecule has 2 unspecified atom stereocenters. The highest BCUT2D eigenvalue weighted by molar-refractivity contribution is 7.99. The molecule has 1 aliphatic heterocycles. The second-order valence-corrected chi connectivity index (χ2v) is 8.12. The third kappa shape index (κ3) is 4.63. The number of nitrogens with two attached hydrogens (primary N) is 1. The van der Waals surface area contributed by atoms with E-state index in [4.69, 9.17) is 5.73 Å². The molecule has 1 aliphatic rings. The molecule has 1 rings (SSSR count). The number of hydrogen-bond donors (Lipinski definition) is 1. The Kier molecular flexibility index (Phi) is 6.15. The summed E-state index contributed by atoms with van der Waals surface area (Å²) >= 11 is 1.94. The van der Waals surface area contributed by atoms with Crippen LogP contribution in [-0.4, -0.2) is 38.0 Å². The SMILES string of the molecule is CCSCCCC(CN)C1CCS(=O)(=O)C1. The summed E-state index contributed by atoms with van der Waals surface area (Å²) in [6, 6.07) is 0. The second-order valence-electron chi connectivity index (χ2n) is 4.50. The highest BCUT2D eigenvalue weighted by Crippen LogP contribution is 2.28. The Bertz CT molecular complexity index is 290. The maximum Gasteiger partial charge on any atom is 0.150 e. The number of hydrogen-bond acceptors (Lipinski definition) is 4. The lowest BCUT2D eigenvalue weighted by molar-refractivity contribution is 0.348. The van der Waals surface area contributed by atoms with Gasteiger partial charge in [0, 0.05) is 0 Å². The fraction of sp³-hybridized carbons (Fsp3) is 1.00. The first-order valence-electron chi connectivity index (χ1n) is 6.07. The van der Waals surface area contributed by atoms with Crippen molar-refractivity contribution in [1.82, 2.24) is 0 Å². The van der Waals surface area contributed by atoms with E-state index in [0.717, 1.165) is 25.0 Å². The van der Waals surface area contributed by atoms with E-state index in [-0.39, 0.29) is 0 Å². The first-order chi connectivity index (χ1) is 7.59. The van der Waals surface area contributed by atoms with E-state index < -0.39 is 9.84 Å². The Morgan fingerprint density at radius 3 is 2.75 bits per heavy atom. The molecule has 5 heteroatoms. The topological polar surface area (TPSA) is 60.2 Å². The average Bonchev–Trinajstić information content (AvgIpc) is 2.59. The largest absolute Gasteiger partial charge is 0.330 e. The first-order valence-corrected chi connectivity index (χ1v) is 9.05. The van der Waals surface area contributed by atoms with Gasteiger partial charge in [-0.1, -0.05) is 6.92 Å². The van der Waals surface area contributed by atoms with Crippen molar-refractivity contribution in [2.45, 2.75) is 26.2 Å². The van der Waals surface area contributed by atoms with Crippen LogP contribution in [0.4, 0.5) is 0 Å². The lowest BCUT2D eigenvalue weighted by Crippen LogP contribution is -2.24. The van der Waals surface area contributed by atoms with E-state index in [1.54, 1.807) is 0 Å². The summed E-state index contributed by atoms with van der Waals surface area (Å²) in [5, 5.41) is 0. The number of thioether (sulfide) groups is 1. The van der Waals surface area contributed by atoms with Crippen LogP contribution in [0.15, 0.2) is 0 Å². The van der Waals surface area contributed by atoms with Crippen molar-refractivity contribution in [2.24, 2.45) is 17.6 Å². The molecular weight excluding hydrogens is 242 g/mol. The molecule has 16 heavy (non-hydrogen) atoms. The summed E-state index contributed by atoms with van der Waals surface area (Å²) < 4.78 is 22.8. The van der Waals surface area contributed by atoms with Crippen LogP contribution in [0, 0.1) is 11.8 Å². The van der Waals surface area contributed by atoms with E-state index >= 15 is 0 Å². The molecule has 1 heterocycles. The lowest BCUT2D eigenvalue weighted by Gasteiger charge is -2.20. The van der Waals surface area contributed by atoms with Gasteiger partial charge in [-0.2, -0.15) is 11.8 Å². The Hall–Kier alpha value is 0.260.